The molecule has 0 radical (unpaired) electrons. The zero-order chi connectivity index (χ0) is 16.4. The lowest BCUT2D eigenvalue weighted by atomic mass is 9.49. The molecule has 4 nitrogen and oxygen atoms in total. The molecule has 2 unspecified atom stereocenters. The van der Waals surface area contributed by atoms with Crippen molar-refractivity contribution in [2.75, 3.05) is 11.9 Å². The Balaban J connectivity index is 1.46. The maximum absolute atomic E-state index is 11.8. The molecule has 1 amide bonds. The highest BCUT2D eigenvalue weighted by molar-refractivity contribution is 5.84. The maximum atomic E-state index is 11.8. The molecule has 2 bridgehead atoms. The minimum atomic E-state index is -0.135. The van der Waals surface area contributed by atoms with Crippen molar-refractivity contribution in [1.29, 1.82) is 0 Å². The lowest BCUT2D eigenvalue weighted by Crippen LogP contribution is -2.48. The van der Waals surface area contributed by atoms with Crippen molar-refractivity contribution in [2.45, 2.75) is 33.6 Å². The van der Waals surface area contributed by atoms with Crippen LogP contribution in [0.25, 0.3) is 0 Å². The molecule has 0 heterocycles. The van der Waals surface area contributed by atoms with Crippen LogP contribution in [0.2, 0.25) is 0 Å². The number of hydrogen-bond donors (Lipinski definition) is 2. The smallest absolute Gasteiger partial charge is 0.259 e. The fourth-order valence-corrected chi connectivity index (χ4v) is 3.62. The standard InChI is InChI=1S/C19H25N3O/c1-13-4-8-16(9-5-13)20-12-18(23)22-21-11-14-6-7-15-10-17(14)19(15,2)3/h4-6,8-9,11,15,17,20H,7,10,12H2,1-3H3,(H,22,23)/b21-11+. The number of nitrogens with zero attached hydrogens (tertiary/aromatic N) is 1. The van der Waals surface area contributed by atoms with E-state index in [1.165, 1.54) is 17.6 Å². The van der Waals surface area contributed by atoms with Gasteiger partial charge in [0.05, 0.1) is 12.8 Å². The van der Waals surface area contributed by atoms with E-state index in [9.17, 15) is 4.79 Å². The monoisotopic (exact) mass is 311 g/mol. The van der Waals surface area contributed by atoms with Crippen molar-refractivity contribution in [1.82, 2.24) is 5.43 Å². The lowest BCUT2D eigenvalue weighted by molar-refractivity contribution is -0.119. The first-order chi connectivity index (χ1) is 11.0. The number of amides is 1. The number of hydrogen-bond acceptors (Lipinski definition) is 3. The van der Waals surface area contributed by atoms with Gasteiger partial charge >= 0.3 is 0 Å². The SMILES string of the molecule is Cc1ccc(NCC(=O)N/N=C/C2=CCC3CC2C3(C)C)cc1. The van der Waals surface area contributed by atoms with Crippen molar-refractivity contribution >= 4 is 17.8 Å². The number of carbonyl (C=O) groups excluding carboxylic acids is 1. The zero-order valence-electron chi connectivity index (χ0n) is 14.1. The Morgan fingerprint density at radius 3 is 2.74 bits per heavy atom. The number of rotatable bonds is 5. The van der Waals surface area contributed by atoms with Gasteiger partial charge in [0.15, 0.2) is 0 Å². The topological polar surface area (TPSA) is 53.5 Å². The van der Waals surface area contributed by atoms with Gasteiger partial charge in [-0.15, -0.1) is 0 Å². The van der Waals surface area contributed by atoms with Gasteiger partial charge in [-0.2, -0.15) is 5.10 Å². The van der Waals surface area contributed by atoms with Crippen LogP contribution in [0.15, 0.2) is 41.0 Å². The first kappa shape index (κ1) is 15.8. The van der Waals surface area contributed by atoms with Crippen LogP contribution in [0.3, 0.4) is 0 Å². The molecule has 1 aromatic carbocycles. The van der Waals surface area contributed by atoms with Gasteiger partial charge in [-0.1, -0.05) is 37.6 Å². The summed E-state index contributed by atoms with van der Waals surface area (Å²) in [5.41, 5.74) is 6.39. The summed E-state index contributed by atoms with van der Waals surface area (Å²) in [5.74, 6) is 1.27. The molecule has 3 aliphatic carbocycles. The van der Waals surface area contributed by atoms with E-state index in [1.54, 1.807) is 0 Å². The highest BCUT2D eigenvalue weighted by Gasteiger charge is 2.50. The summed E-state index contributed by atoms with van der Waals surface area (Å²) in [6.45, 7) is 6.92. The second-order valence-corrected chi connectivity index (χ2v) is 7.26. The van der Waals surface area contributed by atoms with Crippen molar-refractivity contribution < 1.29 is 4.79 Å². The van der Waals surface area contributed by atoms with Crippen molar-refractivity contribution in [3.05, 3.63) is 41.5 Å². The van der Waals surface area contributed by atoms with E-state index in [2.05, 4.69) is 35.8 Å². The molecule has 122 valence electrons. The first-order valence-corrected chi connectivity index (χ1v) is 8.29. The third-order valence-corrected chi connectivity index (χ3v) is 5.42. The minimum absolute atomic E-state index is 0.135. The molecule has 1 fully saturated rings. The summed E-state index contributed by atoms with van der Waals surface area (Å²) in [6, 6.07) is 7.96. The lowest BCUT2D eigenvalue weighted by Gasteiger charge is -2.55. The average Bonchev–Trinajstić information content (AvgIpc) is 2.54. The van der Waals surface area contributed by atoms with Crippen LogP contribution in [0, 0.1) is 24.2 Å². The van der Waals surface area contributed by atoms with Crippen molar-refractivity contribution in [3.63, 3.8) is 0 Å². The Kier molecular flexibility index (Phi) is 4.24. The van der Waals surface area contributed by atoms with Crippen LogP contribution in [0.4, 0.5) is 5.69 Å². The Morgan fingerprint density at radius 2 is 2.09 bits per heavy atom. The number of allylic oxidation sites excluding steroid dienone is 2. The van der Waals surface area contributed by atoms with E-state index in [4.69, 9.17) is 0 Å². The normalized spacial score (nSPS) is 24.7. The third-order valence-electron chi connectivity index (χ3n) is 5.42. The molecule has 1 saturated carbocycles. The van der Waals surface area contributed by atoms with Gasteiger partial charge in [-0.05, 0) is 54.7 Å². The average molecular weight is 311 g/mol. The van der Waals surface area contributed by atoms with E-state index in [1.807, 2.05) is 37.4 Å². The second-order valence-electron chi connectivity index (χ2n) is 7.26. The molecule has 4 rings (SSSR count). The van der Waals surface area contributed by atoms with Gasteiger partial charge < -0.3 is 5.32 Å². The van der Waals surface area contributed by atoms with Crippen LogP contribution in [-0.4, -0.2) is 18.7 Å². The van der Waals surface area contributed by atoms with E-state index in [-0.39, 0.29) is 12.5 Å². The summed E-state index contributed by atoms with van der Waals surface area (Å²) in [6.07, 6.45) is 6.48. The summed E-state index contributed by atoms with van der Waals surface area (Å²) < 4.78 is 0. The number of fused-ring (bicyclic) bond motifs is 1. The third kappa shape index (κ3) is 3.31. The van der Waals surface area contributed by atoms with Crippen molar-refractivity contribution in [2.24, 2.45) is 22.4 Å². The molecular formula is C19H25N3O. The highest BCUT2D eigenvalue weighted by atomic mass is 16.2. The van der Waals surface area contributed by atoms with E-state index in [0.29, 0.717) is 11.3 Å². The Hall–Kier alpha value is -2.10. The number of hydrazone groups is 1. The van der Waals surface area contributed by atoms with Gasteiger partial charge in [0.25, 0.3) is 5.91 Å². The van der Waals surface area contributed by atoms with Gasteiger partial charge in [-0.3, -0.25) is 4.79 Å². The molecule has 0 spiro atoms. The quantitative estimate of drug-likeness (QED) is 0.646. The van der Waals surface area contributed by atoms with Crippen LogP contribution in [0.5, 0.6) is 0 Å². The Bertz CT molecular complexity index is 643. The van der Waals surface area contributed by atoms with Gasteiger partial charge in [0.1, 0.15) is 0 Å². The number of anilines is 1. The van der Waals surface area contributed by atoms with Crippen LogP contribution in [-0.2, 0) is 4.79 Å². The molecule has 0 saturated heterocycles. The van der Waals surface area contributed by atoms with Crippen molar-refractivity contribution in [3.8, 4) is 0 Å². The van der Waals surface area contributed by atoms with E-state index < -0.39 is 0 Å². The molecule has 4 heteroatoms. The molecule has 0 aliphatic heterocycles. The molecule has 0 aromatic heterocycles. The molecule has 3 aliphatic rings. The van der Waals surface area contributed by atoms with Gasteiger partial charge in [-0.25, -0.2) is 5.43 Å². The minimum Gasteiger partial charge on any atom is -0.376 e. The number of carbonyl (C=O) groups is 1. The zero-order valence-corrected chi connectivity index (χ0v) is 14.1. The largest absolute Gasteiger partial charge is 0.376 e. The Morgan fingerprint density at radius 1 is 1.35 bits per heavy atom. The van der Waals surface area contributed by atoms with Crippen LogP contribution < -0.4 is 10.7 Å². The Labute approximate surface area is 138 Å². The van der Waals surface area contributed by atoms with E-state index >= 15 is 0 Å². The van der Waals surface area contributed by atoms with Crippen LogP contribution >= 0.6 is 0 Å². The number of nitrogens with one attached hydrogen (secondary N) is 2. The second kappa shape index (κ2) is 6.19. The predicted octanol–water partition coefficient (Wildman–Crippen LogP) is 3.50. The number of benzene rings is 1. The van der Waals surface area contributed by atoms with Crippen LogP contribution in [0.1, 0.15) is 32.3 Å². The molecule has 2 N–H and O–H groups in total. The van der Waals surface area contributed by atoms with E-state index in [0.717, 1.165) is 18.0 Å². The fourth-order valence-electron chi connectivity index (χ4n) is 3.62. The maximum Gasteiger partial charge on any atom is 0.259 e. The van der Waals surface area contributed by atoms with Gasteiger partial charge in [0.2, 0.25) is 0 Å². The summed E-state index contributed by atoms with van der Waals surface area (Å²) >= 11 is 0. The molecular weight excluding hydrogens is 286 g/mol. The highest BCUT2D eigenvalue weighted by Crippen LogP contribution is 2.58. The fraction of sp³-hybridized carbons (Fsp3) is 0.474. The molecule has 1 aromatic rings. The number of aryl methyl sites for hydroxylation is 1. The first-order valence-electron chi connectivity index (χ1n) is 8.29. The summed E-state index contributed by atoms with van der Waals surface area (Å²) in [5, 5.41) is 7.22. The molecule has 23 heavy (non-hydrogen) atoms. The molecule has 2 atom stereocenters. The summed E-state index contributed by atoms with van der Waals surface area (Å²) in [7, 11) is 0. The summed E-state index contributed by atoms with van der Waals surface area (Å²) in [4.78, 5) is 11.8. The predicted molar refractivity (Wildman–Crippen MR) is 94.4 cm³/mol. The van der Waals surface area contributed by atoms with Gasteiger partial charge in [0, 0.05) is 5.69 Å².